The molecule has 1 saturated heterocycles. The summed E-state index contributed by atoms with van der Waals surface area (Å²) in [5.41, 5.74) is 1.76. The fraction of sp³-hybridized carbons (Fsp3) is 0.438. The first kappa shape index (κ1) is 14.2. The van der Waals surface area contributed by atoms with Crippen molar-refractivity contribution in [3.63, 3.8) is 0 Å². The first-order valence-electron chi connectivity index (χ1n) is 7.39. The summed E-state index contributed by atoms with van der Waals surface area (Å²) in [5.74, 6) is 0.0584. The predicted octanol–water partition coefficient (Wildman–Crippen LogP) is 3.60. The Kier molecular flexibility index (Phi) is 4.29. The Morgan fingerprint density at radius 2 is 2.10 bits per heavy atom. The van der Waals surface area contributed by atoms with Crippen molar-refractivity contribution in [3.05, 3.63) is 46.2 Å². The van der Waals surface area contributed by atoms with Crippen molar-refractivity contribution in [2.75, 3.05) is 6.54 Å². The quantitative estimate of drug-likeness (QED) is 0.851. The number of nitrogens with zero attached hydrogens (tertiary/aromatic N) is 3. The average molecular weight is 301 g/mol. The number of carbonyl (C=O) groups is 1. The maximum absolute atomic E-state index is 12.8. The lowest BCUT2D eigenvalue weighted by molar-refractivity contribution is 0.0675. The second kappa shape index (κ2) is 6.35. The number of aryl methyl sites for hydroxylation is 1. The largest absolute Gasteiger partial charge is 0.330 e. The molecule has 1 fully saturated rings. The highest BCUT2D eigenvalue weighted by Gasteiger charge is 2.28. The second-order valence-electron chi connectivity index (χ2n) is 5.40. The van der Waals surface area contributed by atoms with Gasteiger partial charge in [0.25, 0.3) is 5.91 Å². The summed E-state index contributed by atoms with van der Waals surface area (Å²) in [6.07, 6.45) is 8.02. The van der Waals surface area contributed by atoms with Crippen LogP contribution in [0.15, 0.2) is 29.9 Å². The molecule has 21 heavy (non-hydrogen) atoms. The Morgan fingerprint density at radius 1 is 1.29 bits per heavy atom. The highest BCUT2D eigenvalue weighted by atomic mass is 32.1. The molecular weight excluding hydrogens is 282 g/mol. The molecule has 3 heterocycles. The number of rotatable bonds is 2. The number of likely N-dealkylation sites (tertiary alicyclic amines) is 1. The van der Waals surface area contributed by atoms with E-state index in [-0.39, 0.29) is 11.9 Å². The van der Waals surface area contributed by atoms with E-state index in [1.807, 2.05) is 29.3 Å². The molecular formula is C16H19N3OS. The fourth-order valence-corrected chi connectivity index (χ4v) is 3.48. The van der Waals surface area contributed by atoms with Gasteiger partial charge >= 0.3 is 0 Å². The van der Waals surface area contributed by atoms with Crippen LogP contribution in [0.5, 0.6) is 0 Å². The van der Waals surface area contributed by atoms with Gasteiger partial charge in [0.1, 0.15) is 5.69 Å². The van der Waals surface area contributed by atoms with Crippen molar-refractivity contribution >= 4 is 17.2 Å². The maximum atomic E-state index is 12.8. The number of pyridine rings is 1. The SMILES string of the molecule is Cc1nc(C(=O)N2CCCCC[C@H]2c2ccncc2)cs1. The Bertz CT molecular complexity index is 611. The molecule has 5 heteroatoms. The summed E-state index contributed by atoms with van der Waals surface area (Å²) in [7, 11) is 0. The van der Waals surface area contributed by atoms with E-state index in [0.717, 1.165) is 30.8 Å². The maximum Gasteiger partial charge on any atom is 0.273 e. The zero-order chi connectivity index (χ0) is 14.7. The van der Waals surface area contributed by atoms with Crippen molar-refractivity contribution in [2.45, 2.75) is 38.6 Å². The third-order valence-corrected chi connectivity index (χ3v) is 4.72. The smallest absolute Gasteiger partial charge is 0.273 e. The van der Waals surface area contributed by atoms with Crippen LogP contribution in [-0.2, 0) is 0 Å². The Hall–Kier alpha value is -1.75. The van der Waals surface area contributed by atoms with Gasteiger partial charge in [-0.1, -0.05) is 12.8 Å². The molecule has 2 aromatic rings. The molecule has 4 nitrogen and oxygen atoms in total. The molecule has 0 saturated carbocycles. The number of thiazole rings is 1. The molecule has 1 amide bonds. The number of hydrogen-bond acceptors (Lipinski definition) is 4. The van der Waals surface area contributed by atoms with Gasteiger partial charge in [0, 0.05) is 24.3 Å². The van der Waals surface area contributed by atoms with Crippen LogP contribution in [-0.4, -0.2) is 27.3 Å². The molecule has 2 aromatic heterocycles. The van der Waals surface area contributed by atoms with E-state index < -0.39 is 0 Å². The lowest BCUT2D eigenvalue weighted by Gasteiger charge is -2.29. The van der Waals surface area contributed by atoms with E-state index >= 15 is 0 Å². The molecule has 1 atom stereocenters. The molecule has 110 valence electrons. The average Bonchev–Trinajstić information content (AvgIpc) is 2.81. The summed E-state index contributed by atoms with van der Waals surface area (Å²) < 4.78 is 0. The normalized spacial score (nSPS) is 19.3. The van der Waals surface area contributed by atoms with Crippen LogP contribution < -0.4 is 0 Å². The predicted molar refractivity (Wildman–Crippen MR) is 83.3 cm³/mol. The minimum Gasteiger partial charge on any atom is -0.330 e. The van der Waals surface area contributed by atoms with E-state index in [1.165, 1.54) is 23.3 Å². The topological polar surface area (TPSA) is 46.1 Å². The highest BCUT2D eigenvalue weighted by Crippen LogP contribution is 2.31. The first-order chi connectivity index (χ1) is 10.3. The fourth-order valence-electron chi connectivity index (χ4n) is 2.89. The van der Waals surface area contributed by atoms with E-state index in [4.69, 9.17) is 0 Å². The third kappa shape index (κ3) is 3.13. The van der Waals surface area contributed by atoms with Gasteiger partial charge < -0.3 is 4.90 Å². The van der Waals surface area contributed by atoms with Gasteiger partial charge in [0.05, 0.1) is 11.0 Å². The number of hydrogen-bond donors (Lipinski definition) is 0. The molecule has 0 aromatic carbocycles. The van der Waals surface area contributed by atoms with Crippen LogP contribution in [0.25, 0.3) is 0 Å². The number of aromatic nitrogens is 2. The zero-order valence-electron chi connectivity index (χ0n) is 12.2. The van der Waals surface area contributed by atoms with Gasteiger partial charge in [0.15, 0.2) is 0 Å². The zero-order valence-corrected chi connectivity index (χ0v) is 13.0. The van der Waals surface area contributed by atoms with Gasteiger partial charge in [-0.3, -0.25) is 9.78 Å². The summed E-state index contributed by atoms with van der Waals surface area (Å²) in [6.45, 7) is 2.74. The molecule has 1 aliphatic heterocycles. The van der Waals surface area contributed by atoms with Crippen LogP contribution in [0.4, 0.5) is 0 Å². The number of carbonyl (C=O) groups excluding carboxylic acids is 1. The molecule has 0 spiro atoms. The summed E-state index contributed by atoms with van der Waals surface area (Å²) in [6, 6.07) is 4.18. The molecule has 0 bridgehead atoms. The van der Waals surface area contributed by atoms with E-state index in [1.54, 1.807) is 12.4 Å². The molecule has 0 unspecified atom stereocenters. The van der Waals surface area contributed by atoms with Gasteiger partial charge in [-0.15, -0.1) is 11.3 Å². The van der Waals surface area contributed by atoms with Crippen molar-refractivity contribution in [3.8, 4) is 0 Å². The molecule has 0 N–H and O–H groups in total. The van der Waals surface area contributed by atoms with Crippen LogP contribution in [0.3, 0.4) is 0 Å². The summed E-state index contributed by atoms with van der Waals surface area (Å²) in [5, 5.41) is 2.81. The molecule has 3 rings (SSSR count). The minimum absolute atomic E-state index is 0.0584. The Balaban J connectivity index is 1.90. The van der Waals surface area contributed by atoms with Crippen molar-refractivity contribution in [2.24, 2.45) is 0 Å². The lowest BCUT2D eigenvalue weighted by Crippen LogP contribution is -2.35. The highest BCUT2D eigenvalue weighted by molar-refractivity contribution is 7.09. The lowest BCUT2D eigenvalue weighted by atomic mass is 10.0. The monoisotopic (exact) mass is 301 g/mol. The molecule has 1 aliphatic rings. The third-order valence-electron chi connectivity index (χ3n) is 3.94. The van der Waals surface area contributed by atoms with Gasteiger partial charge in [0.2, 0.25) is 0 Å². The van der Waals surface area contributed by atoms with E-state index in [2.05, 4.69) is 9.97 Å². The first-order valence-corrected chi connectivity index (χ1v) is 8.26. The van der Waals surface area contributed by atoms with Gasteiger partial charge in [-0.25, -0.2) is 4.98 Å². The molecule has 0 aliphatic carbocycles. The van der Waals surface area contributed by atoms with Crippen LogP contribution in [0.2, 0.25) is 0 Å². The Labute approximate surface area is 128 Å². The van der Waals surface area contributed by atoms with Crippen LogP contribution >= 0.6 is 11.3 Å². The van der Waals surface area contributed by atoms with Gasteiger partial charge in [-0.05, 0) is 37.5 Å². The summed E-state index contributed by atoms with van der Waals surface area (Å²) >= 11 is 1.53. The van der Waals surface area contributed by atoms with Gasteiger partial charge in [-0.2, -0.15) is 0 Å². The van der Waals surface area contributed by atoms with Crippen LogP contribution in [0, 0.1) is 6.92 Å². The molecule has 0 radical (unpaired) electrons. The van der Waals surface area contributed by atoms with E-state index in [9.17, 15) is 4.79 Å². The summed E-state index contributed by atoms with van der Waals surface area (Å²) in [4.78, 5) is 23.2. The van der Waals surface area contributed by atoms with Crippen LogP contribution in [0.1, 0.15) is 52.8 Å². The van der Waals surface area contributed by atoms with Crippen molar-refractivity contribution < 1.29 is 4.79 Å². The van der Waals surface area contributed by atoms with E-state index in [0.29, 0.717) is 5.69 Å². The Morgan fingerprint density at radius 3 is 2.81 bits per heavy atom. The second-order valence-corrected chi connectivity index (χ2v) is 6.46. The standard InChI is InChI=1S/C16H19N3OS/c1-12-18-14(11-21-12)16(20)19-10-4-2-3-5-15(19)13-6-8-17-9-7-13/h6-9,11,15H,2-5,10H2,1H3/t15-/m0/s1. The minimum atomic E-state index is 0.0584. The van der Waals surface area contributed by atoms with Crippen molar-refractivity contribution in [1.82, 2.24) is 14.9 Å². The number of amides is 1. The van der Waals surface area contributed by atoms with Crippen molar-refractivity contribution in [1.29, 1.82) is 0 Å².